The Bertz CT molecular complexity index is 641. The summed E-state index contributed by atoms with van der Waals surface area (Å²) in [6, 6.07) is 7.35. The molecule has 0 atom stereocenters. The summed E-state index contributed by atoms with van der Waals surface area (Å²) < 4.78 is 32.4. The van der Waals surface area contributed by atoms with E-state index in [0.717, 1.165) is 21.4 Å². The number of nitrogens with zero attached hydrogens (tertiary/aromatic N) is 2. The average Bonchev–Trinajstić information content (AvgIpc) is 2.64. The first-order valence-corrected chi connectivity index (χ1v) is 7.34. The smallest absolute Gasteiger partial charge is 0.269 e. The molecular weight excluding hydrogens is 330 g/mol. The predicted molar refractivity (Wildman–Crippen MR) is 68.2 cm³/mol. The van der Waals surface area contributed by atoms with Gasteiger partial charge in [0, 0.05) is 10.0 Å². The van der Waals surface area contributed by atoms with Gasteiger partial charge in [0.2, 0.25) is 5.13 Å². The summed E-state index contributed by atoms with van der Waals surface area (Å²) in [7, 11) is -4.31. The van der Waals surface area contributed by atoms with Crippen LogP contribution in [0.2, 0.25) is 0 Å². The molecule has 2 rings (SSSR count). The molecule has 2 N–H and O–H groups in total. The van der Waals surface area contributed by atoms with E-state index >= 15 is 0 Å². The molecule has 0 spiro atoms. The third kappa shape index (κ3) is 3.22. The van der Waals surface area contributed by atoms with Crippen LogP contribution in [0.25, 0.3) is 10.6 Å². The van der Waals surface area contributed by atoms with Crippen LogP contribution in [0.5, 0.6) is 0 Å². The molecular formula is C8H6BrN3O3S2. The molecule has 1 aromatic heterocycles. The van der Waals surface area contributed by atoms with E-state index in [0.29, 0.717) is 5.01 Å². The first-order chi connectivity index (χ1) is 7.96. The van der Waals surface area contributed by atoms with Gasteiger partial charge in [-0.1, -0.05) is 45.5 Å². The molecule has 90 valence electrons. The maximum Gasteiger partial charge on any atom is 0.359 e. The summed E-state index contributed by atoms with van der Waals surface area (Å²) in [5.41, 5.74) is 0.799. The third-order valence-electron chi connectivity index (χ3n) is 1.75. The molecule has 0 fully saturated rings. The zero-order valence-electron chi connectivity index (χ0n) is 8.16. The van der Waals surface area contributed by atoms with E-state index in [1.807, 2.05) is 29.0 Å². The van der Waals surface area contributed by atoms with Crippen LogP contribution >= 0.6 is 27.3 Å². The van der Waals surface area contributed by atoms with Gasteiger partial charge in [0.15, 0.2) is 5.01 Å². The highest BCUT2D eigenvalue weighted by Crippen LogP contribution is 2.31. The lowest BCUT2D eigenvalue weighted by atomic mass is 10.2. The Morgan fingerprint density at radius 2 is 2.00 bits per heavy atom. The second-order valence-electron chi connectivity index (χ2n) is 2.97. The topological polar surface area (TPSA) is 92.2 Å². The van der Waals surface area contributed by atoms with Crippen molar-refractivity contribution < 1.29 is 13.0 Å². The van der Waals surface area contributed by atoms with Crippen molar-refractivity contribution in [1.82, 2.24) is 10.2 Å². The van der Waals surface area contributed by atoms with E-state index < -0.39 is 10.3 Å². The van der Waals surface area contributed by atoms with Gasteiger partial charge in [-0.3, -0.25) is 4.55 Å². The monoisotopic (exact) mass is 335 g/mol. The molecule has 1 aromatic carbocycles. The molecule has 0 radical (unpaired) electrons. The lowest BCUT2D eigenvalue weighted by molar-refractivity contribution is 0.489. The largest absolute Gasteiger partial charge is 0.359 e. The quantitative estimate of drug-likeness (QED) is 0.838. The van der Waals surface area contributed by atoms with Crippen molar-refractivity contribution in [3.8, 4) is 10.6 Å². The van der Waals surface area contributed by atoms with Crippen LogP contribution in [0.3, 0.4) is 0 Å². The van der Waals surface area contributed by atoms with Gasteiger partial charge in [0.1, 0.15) is 0 Å². The molecule has 0 unspecified atom stereocenters. The summed E-state index contributed by atoms with van der Waals surface area (Å²) in [4.78, 5) is 0. The molecule has 6 nitrogen and oxygen atoms in total. The van der Waals surface area contributed by atoms with E-state index in [1.165, 1.54) is 0 Å². The van der Waals surface area contributed by atoms with Gasteiger partial charge in [0.05, 0.1) is 0 Å². The molecule has 0 saturated heterocycles. The number of benzene rings is 1. The molecule has 0 saturated carbocycles. The van der Waals surface area contributed by atoms with Crippen molar-refractivity contribution in [2.75, 3.05) is 4.72 Å². The number of hydrogen-bond donors (Lipinski definition) is 2. The van der Waals surface area contributed by atoms with Gasteiger partial charge in [-0.05, 0) is 6.07 Å². The van der Waals surface area contributed by atoms with E-state index in [1.54, 1.807) is 0 Å². The Hall–Kier alpha value is -1.03. The standard InChI is InChI=1S/C8H6BrN3O3S2/c9-6-4-2-1-3-5(6)7-10-11-8(16-7)12-17(13,14)15/h1-4H,(H,11,12)(H,13,14,15). The molecule has 0 bridgehead atoms. The molecule has 0 aliphatic heterocycles. The van der Waals surface area contributed by atoms with Crippen molar-refractivity contribution in [3.63, 3.8) is 0 Å². The van der Waals surface area contributed by atoms with Crippen LogP contribution in [-0.2, 0) is 10.3 Å². The number of anilines is 1. The Balaban J connectivity index is 2.34. The van der Waals surface area contributed by atoms with Gasteiger partial charge in [0.25, 0.3) is 0 Å². The summed E-state index contributed by atoms with van der Waals surface area (Å²) >= 11 is 4.38. The van der Waals surface area contributed by atoms with Crippen LogP contribution in [0, 0.1) is 0 Å². The summed E-state index contributed by atoms with van der Waals surface area (Å²) in [6.07, 6.45) is 0. The Morgan fingerprint density at radius 3 is 2.65 bits per heavy atom. The highest BCUT2D eigenvalue weighted by Gasteiger charge is 2.12. The van der Waals surface area contributed by atoms with Crippen molar-refractivity contribution in [2.45, 2.75) is 0 Å². The van der Waals surface area contributed by atoms with E-state index in [-0.39, 0.29) is 5.13 Å². The lowest BCUT2D eigenvalue weighted by Crippen LogP contribution is -2.09. The lowest BCUT2D eigenvalue weighted by Gasteiger charge is -1.97. The molecule has 0 aliphatic rings. The number of hydrogen-bond acceptors (Lipinski definition) is 5. The molecule has 17 heavy (non-hydrogen) atoms. The SMILES string of the molecule is O=S(=O)(O)Nc1nnc(-c2ccccc2Br)s1. The molecule has 0 amide bonds. The number of aromatic nitrogens is 2. The van der Waals surface area contributed by atoms with Gasteiger partial charge in [-0.15, -0.1) is 10.2 Å². The van der Waals surface area contributed by atoms with E-state index in [4.69, 9.17) is 4.55 Å². The first kappa shape index (κ1) is 12.4. The van der Waals surface area contributed by atoms with Gasteiger partial charge in [-0.25, -0.2) is 4.72 Å². The average molecular weight is 336 g/mol. The van der Waals surface area contributed by atoms with Crippen LogP contribution in [0.15, 0.2) is 28.7 Å². The second kappa shape index (κ2) is 4.69. The highest BCUT2D eigenvalue weighted by atomic mass is 79.9. The maximum absolute atomic E-state index is 10.6. The summed E-state index contributed by atoms with van der Waals surface area (Å²) in [5.74, 6) is 0. The van der Waals surface area contributed by atoms with Crippen LogP contribution in [0.4, 0.5) is 5.13 Å². The fraction of sp³-hybridized carbons (Fsp3) is 0. The minimum absolute atomic E-state index is 0.0123. The molecule has 9 heteroatoms. The summed E-state index contributed by atoms with van der Waals surface area (Å²) in [5, 5.41) is 8.01. The predicted octanol–water partition coefficient (Wildman–Crippen LogP) is 2.18. The van der Waals surface area contributed by atoms with Crippen molar-refractivity contribution in [3.05, 3.63) is 28.7 Å². The van der Waals surface area contributed by atoms with E-state index in [2.05, 4.69) is 26.1 Å². The zero-order chi connectivity index (χ0) is 12.5. The third-order valence-corrected chi connectivity index (χ3v) is 3.89. The normalized spacial score (nSPS) is 11.4. The minimum Gasteiger partial charge on any atom is -0.269 e. The Morgan fingerprint density at radius 1 is 1.29 bits per heavy atom. The second-order valence-corrected chi connectivity index (χ2v) is 5.96. The fourth-order valence-corrected chi connectivity index (χ4v) is 3.10. The molecule has 1 heterocycles. The van der Waals surface area contributed by atoms with Crippen molar-refractivity contribution in [1.29, 1.82) is 0 Å². The summed E-state index contributed by atoms with van der Waals surface area (Å²) in [6.45, 7) is 0. The number of rotatable bonds is 3. The Labute approximate surface area is 110 Å². The first-order valence-electron chi connectivity index (χ1n) is 4.29. The van der Waals surface area contributed by atoms with Crippen LogP contribution in [0.1, 0.15) is 0 Å². The highest BCUT2D eigenvalue weighted by molar-refractivity contribution is 9.10. The van der Waals surface area contributed by atoms with Gasteiger partial charge >= 0.3 is 10.3 Å². The van der Waals surface area contributed by atoms with Gasteiger partial charge < -0.3 is 0 Å². The van der Waals surface area contributed by atoms with Crippen molar-refractivity contribution >= 4 is 42.7 Å². The van der Waals surface area contributed by atoms with Crippen LogP contribution < -0.4 is 4.72 Å². The van der Waals surface area contributed by atoms with Gasteiger partial charge in [-0.2, -0.15) is 8.42 Å². The van der Waals surface area contributed by atoms with Crippen LogP contribution in [-0.4, -0.2) is 23.2 Å². The van der Waals surface area contributed by atoms with Crippen molar-refractivity contribution in [2.24, 2.45) is 0 Å². The zero-order valence-corrected chi connectivity index (χ0v) is 11.4. The Kier molecular flexibility index (Phi) is 3.43. The molecule has 0 aliphatic carbocycles. The minimum atomic E-state index is -4.31. The molecule has 2 aromatic rings. The number of nitrogens with one attached hydrogen (secondary N) is 1. The number of halogens is 1. The van der Waals surface area contributed by atoms with E-state index in [9.17, 15) is 8.42 Å². The maximum atomic E-state index is 10.6. The fourth-order valence-electron chi connectivity index (χ4n) is 1.12.